The fourth-order valence-corrected chi connectivity index (χ4v) is 6.02. The highest BCUT2D eigenvalue weighted by Gasteiger charge is 2.49. The molecular formula is C26H29N3O2. The number of nitrogens with zero attached hydrogens (tertiary/aromatic N) is 1. The summed E-state index contributed by atoms with van der Waals surface area (Å²) in [5.41, 5.74) is 10.7. The van der Waals surface area contributed by atoms with Gasteiger partial charge in [-0.25, -0.2) is 0 Å². The van der Waals surface area contributed by atoms with E-state index < -0.39 is 0 Å². The van der Waals surface area contributed by atoms with Crippen LogP contribution in [0.1, 0.15) is 47.8 Å². The van der Waals surface area contributed by atoms with Crippen LogP contribution in [0.25, 0.3) is 10.9 Å². The Balaban J connectivity index is 1.09. The van der Waals surface area contributed by atoms with E-state index in [1.54, 1.807) is 4.57 Å². The summed E-state index contributed by atoms with van der Waals surface area (Å²) in [5.74, 6) is 1.87. The Kier molecular flexibility index (Phi) is 4.29. The van der Waals surface area contributed by atoms with Crippen LogP contribution in [-0.2, 0) is 13.0 Å². The van der Waals surface area contributed by atoms with E-state index in [4.69, 9.17) is 5.73 Å². The summed E-state index contributed by atoms with van der Waals surface area (Å²) < 4.78 is 1.72. The first-order chi connectivity index (χ1) is 15.1. The quantitative estimate of drug-likeness (QED) is 0.334. The summed E-state index contributed by atoms with van der Waals surface area (Å²) in [6, 6.07) is 8.42. The highest BCUT2D eigenvalue weighted by atomic mass is 16.3. The molecule has 5 heteroatoms. The summed E-state index contributed by atoms with van der Waals surface area (Å²) in [5, 5.41) is 23.1. The van der Waals surface area contributed by atoms with Crippen LogP contribution in [0.15, 0.2) is 54.8 Å². The summed E-state index contributed by atoms with van der Waals surface area (Å²) in [6.07, 6.45) is 14.6. The van der Waals surface area contributed by atoms with E-state index in [2.05, 4.69) is 53.7 Å². The van der Waals surface area contributed by atoms with Crippen LogP contribution in [0.5, 0.6) is 11.8 Å². The van der Waals surface area contributed by atoms with Gasteiger partial charge in [-0.2, -0.15) is 0 Å². The molecule has 31 heavy (non-hydrogen) atoms. The first-order valence-corrected chi connectivity index (χ1v) is 11.4. The number of unbranched alkanes of at least 4 members (excludes halogenated alkanes) is 1. The van der Waals surface area contributed by atoms with Gasteiger partial charge in [-0.05, 0) is 42.7 Å². The standard InChI is InChI=1S/C26H29N3O2/c27-16(13-15-14-28-22-7-2-1-6-17(15)22)5-3-4-12-29-25(30)23-20-10-11-21(24(23)26(29)31)19-9-8-18(19)20/h1-2,6-11,14,16,18-21,28,30-31H,3-5,12-13,27H2. The zero-order chi connectivity index (χ0) is 21.1. The molecular weight excluding hydrogens is 386 g/mol. The van der Waals surface area contributed by atoms with Crippen LogP contribution in [0.3, 0.4) is 0 Å². The number of fused-ring (bicyclic) bond motifs is 1. The number of nitrogens with two attached hydrogens (primary N) is 1. The molecule has 2 heterocycles. The minimum Gasteiger partial charge on any atom is -0.494 e. The monoisotopic (exact) mass is 415 g/mol. The van der Waals surface area contributed by atoms with Gasteiger partial charge < -0.3 is 20.9 Å². The molecule has 0 amide bonds. The van der Waals surface area contributed by atoms with Crippen molar-refractivity contribution in [3.05, 3.63) is 71.5 Å². The SMILES string of the molecule is NC(CCCCn1c(O)c2c(c1O)C1C=CC2C2C=CC12)Cc1c[nH]c2ccccc12. The average Bonchev–Trinajstić information content (AvgIpc) is 3.26. The molecule has 0 fully saturated rings. The maximum Gasteiger partial charge on any atom is 0.198 e. The predicted octanol–water partition coefficient (Wildman–Crippen LogP) is 4.67. The number of aromatic nitrogens is 2. The summed E-state index contributed by atoms with van der Waals surface area (Å²) in [6.45, 7) is 0.618. The number of hydrogen-bond donors (Lipinski definition) is 4. The second kappa shape index (κ2) is 7.06. The van der Waals surface area contributed by atoms with Crippen LogP contribution in [-0.4, -0.2) is 25.8 Å². The Morgan fingerprint density at radius 1 is 0.935 bits per heavy atom. The average molecular weight is 416 g/mol. The number of aromatic hydroxyl groups is 2. The molecule has 3 aromatic rings. The van der Waals surface area contributed by atoms with Crippen molar-refractivity contribution >= 4 is 10.9 Å². The summed E-state index contributed by atoms with van der Waals surface area (Å²) >= 11 is 0. The zero-order valence-electron chi connectivity index (χ0n) is 17.5. The van der Waals surface area contributed by atoms with Crippen molar-refractivity contribution < 1.29 is 10.2 Å². The topological polar surface area (TPSA) is 87.2 Å². The lowest BCUT2D eigenvalue weighted by Crippen LogP contribution is -2.36. The lowest BCUT2D eigenvalue weighted by Gasteiger charge is -2.47. The van der Waals surface area contributed by atoms with Gasteiger partial charge in [-0.15, -0.1) is 0 Å². The Bertz CT molecular complexity index is 1160. The Morgan fingerprint density at radius 3 is 2.29 bits per heavy atom. The van der Waals surface area contributed by atoms with Gasteiger partial charge in [0.05, 0.1) is 0 Å². The molecule has 0 radical (unpaired) electrons. The van der Waals surface area contributed by atoms with Crippen molar-refractivity contribution in [2.24, 2.45) is 17.6 Å². The van der Waals surface area contributed by atoms with Crippen molar-refractivity contribution in [1.29, 1.82) is 0 Å². The van der Waals surface area contributed by atoms with E-state index in [-0.39, 0.29) is 29.6 Å². The molecule has 5 atom stereocenters. The predicted molar refractivity (Wildman–Crippen MR) is 122 cm³/mol. The molecule has 5 nitrogen and oxygen atoms in total. The van der Waals surface area contributed by atoms with E-state index in [0.29, 0.717) is 18.4 Å². The van der Waals surface area contributed by atoms with Crippen LogP contribution < -0.4 is 5.73 Å². The summed E-state index contributed by atoms with van der Waals surface area (Å²) in [7, 11) is 0. The number of nitrogens with one attached hydrogen (secondary N) is 1. The Hall–Kier alpha value is -2.92. The third kappa shape index (κ3) is 2.79. The second-order valence-corrected chi connectivity index (χ2v) is 9.42. The molecule has 2 aromatic heterocycles. The van der Waals surface area contributed by atoms with E-state index in [1.165, 1.54) is 10.9 Å². The molecule has 4 aliphatic carbocycles. The highest BCUT2D eigenvalue weighted by Crippen LogP contribution is 2.61. The van der Waals surface area contributed by atoms with Crippen molar-refractivity contribution in [2.75, 3.05) is 0 Å². The number of benzene rings is 1. The van der Waals surface area contributed by atoms with Gasteiger partial charge >= 0.3 is 0 Å². The van der Waals surface area contributed by atoms with Crippen LogP contribution in [0, 0.1) is 11.8 Å². The molecule has 4 aliphatic rings. The van der Waals surface area contributed by atoms with Gasteiger partial charge in [0.1, 0.15) is 0 Å². The number of rotatable bonds is 7. The van der Waals surface area contributed by atoms with E-state index in [1.807, 2.05) is 6.07 Å². The number of hydrogen-bond acceptors (Lipinski definition) is 3. The van der Waals surface area contributed by atoms with Gasteiger partial charge in [0.15, 0.2) is 11.8 Å². The van der Waals surface area contributed by atoms with Gasteiger partial charge in [0.2, 0.25) is 0 Å². The lowest BCUT2D eigenvalue weighted by atomic mass is 9.56. The normalized spacial score (nSPS) is 26.1. The molecule has 0 aliphatic heterocycles. The Morgan fingerprint density at radius 2 is 1.61 bits per heavy atom. The largest absolute Gasteiger partial charge is 0.494 e. The molecule has 0 saturated heterocycles. The van der Waals surface area contributed by atoms with Crippen molar-refractivity contribution in [3.8, 4) is 11.8 Å². The number of allylic oxidation sites excluding steroid dienone is 4. The van der Waals surface area contributed by atoms with Crippen molar-refractivity contribution in [3.63, 3.8) is 0 Å². The highest BCUT2D eigenvalue weighted by molar-refractivity contribution is 5.83. The number of H-pyrrole nitrogens is 1. The fourth-order valence-electron chi connectivity index (χ4n) is 6.02. The first-order valence-electron chi connectivity index (χ1n) is 11.4. The van der Waals surface area contributed by atoms with Crippen LogP contribution in [0.4, 0.5) is 0 Å². The van der Waals surface area contributed by atoms with Crippen molar-refractivity contribution in [2.45, 2.75) is 50.1 Å². The van der Waals surface area contributed by atoms with Crippen molar-refractivity contribution in [1.82, 2.24) is 9.55 Å². The minimum absolute atomic E-state index is 0.0982. The molecule has 5 unspecified atom stereocenters. The molecule has 2 bridgehead atoms. The van der Waals surface area contributed by atoms with Gasteiger partial charge in [0, 0.05) is 52.6 Å². The Labute approximate surface area is 181 Å². The van der Waals surface area contributed by atoms with E-state index in [9.17, 15) is 10.2 Å². The maximum atomic E-state index is 10.9. The lowest BCUT2D eigenvalue weighted by molar-refractivity contribution is 0.306. The molecule has 1 aromatic carbocycles. The number of aromatic amines is 1. The molecule has 0 spiro atoms. The second-order valence-electron chi connectivity index (χ2n) is 9.42. The van der Waals surface area contributed by atoms with Gasteiger partial charge in [0.25, 0.3) is 0 Å². The maximum absolute atomic E-state index is 10.9. The third-order valence-electron chi connectivity index (χ3n) is 7.67. The van der Waals surface area contributed by atoms with Crippen LogP contribution >= 0.6 is 0 Å². The zero-order valence-corrected chi connectivity index (χ0v) is 17.5. The van der Waals surface area contributed by atoms with Gasteiger partial charge in [-0.3, -0.25) is 4.57 Å². The minimum atomic E-state index is 0.0982. The fraction of sp³-hybridized carbons (Fsp3) is 0.385. The number of para-hydroxylation sites is 1. The molecule has 160 valence electrons. The van der Waals surface area contributed by atoms with E-state index in [0.717, 1.165) is 42.3 Å². The van der Waals surface area contributed by atoms with E-state index >= 15 is 0 Å². The van der Waals surface area contributed by atoms with Crippen LogP contribution in [0.2, 0.25) is 0 Å². The van der Waals surface area contributed by atoms with Gasteiger partial charge in [-0.1, -0.05) is 48.9 Å². The smallest absolute Gasteiger partial charge is 0.198 e. The first kappa shape index (κ1) is 18.8. The molecule has 0 saturated carbocycles. The third-order valence-corrected chi connectivity index (χ3v) is 7.67. The molecule has 7 rings (SSSR count). The molecule has 5 N–H and O–H groups in total. The summed E-state index contributed by atoms with van der Waals surface area (Å²) in [4.78, 5) is 3.32.